The van der Waals surface area contributed by atoms with Crippen LogP contribution in [0.5, 0.6) is 0 Å². The average molecular weight is 865 g/mol. The van der Waals surface area contributed by atoms with E-state index in [4.69, 9.17) is 0 Å². The van der Waals surface area contributed by atoms with Crippen LogP contribution in [0.1, 0.15) is 23.6 Å². The molecule has 1 aliphatic heterocycles. The van der Waals surface area contributed by atoms with Crippen LogP contribution in [0.2, 0.25) is 0 Å². The van der Waals surface area contributed by atoms with Crippen LogP contribution in [0.15, 0.2) is 249 Å². The average Bonchev–Trinajstić information content (AvgIpc) is 3.85. The Balaban J connectivity index is 1.05. The quantitative estimate of drug-likeness (QED) is 0.155. The summed E-state index contributed by atoms with van der Waals surface area (Å²) in [5.41, 5.74) is 22.9. The van der Waals surface area contributed by atoms with Crippen LogP contribution in [0.25, 0.3) is 93.9 Å². The first kappa shape index (κ1) is 38.5. The van der Waals surface area contributed by atoms with Crippen molar-refractivity contribution in [1.29, 1.82) is 0 Å². The van der Waals surface area contributed by atoms with Gasteiger partial charge in [0.1, 0.15) is 0 Å². The molecule has 0 saturated carbocycles. The lowest BCUT2D eigenvalue weighted by molar-refractivity contribution is 0.714. The number of rotatable bonds is 7. The second-order valence-corrected chi connectivity index (χ2v) is 18.6. The van der Waals surface area contributed by atoms with Crippen LogP contribution in [0.3, 0.4) is 0 Å². The van der Waals surface area contributed by atoms with E-state index in [2.05, 4.69) is 265 Å². The predicted molar refractivity (Wildman–Crippen MR) is 286 cm³/mol. The normalized spacial score (nSPS) is 14.3. The van der Waals surface area contributed by atoms with Crippen LogP contribution in [-0.4, -0.2) is 4.57 Å². The van der Waals surface area contributed by atoms with E-state index in [0.717, 1.165) is 17.1 Å². The van der Waals surface area contributed by atoms with Crippen LogP contribution < -0.4 is 4.90 Å². The van der Waals surface area contributed by atoms with E-state index in [1.807, 2.05) is 0 Å². The summed E-state index contributed by atoms with van der Waals surface area (Å²) in [5.74, 6) is 0. The zero-order valence-corrected chi connectivity index (χ0v) is 37.6. The molecule has 0 bridgehead atoms. The van der Waals surface area contributed by atoms with E-state index >= 15 is 0 Å². The van der Waals surface area contributed by atoms with Gasteiger partial charge in [0.15, 0.2) is 0 Å². The molecule has 0 amide bonds. The second-order valence-electron chi connectivity index (χ2n) is 18.6. The fourth-order valence-corrected chi connectivity index (χ4v) is 11.7. The molecule has 2 heteroatoms. The van der Waals surface area contributed by atoms with E-state index in [1.54, 1.807) is 0 Å². The maximum atomic E-state index is 2.61. The largest absolute Gasteiger partial charge is 0.308 e. The van der Waals surface area contributed by atoms with Crippen LogP contribution in [0.4, 0.5) is 17.1 Å². The molecule has 1 unspecified atom stereocenters. The molecule has 318 valence electrons. The third-order valence-corrected chi connectivity index (χ3v) is 15.0. The SMILES string of the molecule is CC1(c2cccc(-c3ccccc3)c2)c2cccc3c2-c2c1ccc1c4cccc(N(c5ccc(-c6ccccc6)cc5)c5cccc(-c6ccc7ccccc7c6)c5)c4n(c21)-c1ccccc1-3. The Kier molecular flexibility index (Phi) is 8.45. The van der Waals surface area contributed by atoms with Gasteiger partial charge in [0.05, 0.1) is 22.4 Å². The van der Waals surface area contributed by atoms with Crippen molar-refractivity contribution in [2.75, 3.05) is 4.90 Å². The molecule has 0 spiro atoms. The highest BCUT2D eigenvalue weighted by molar-refractivity contribution is 6.21. The first-order valence-electron chi connectivity index (χ1n) is 23.7. The van der Waals surface area contributed by atoms with Gasteiger partial charge in [0, 0.05) is 38.7 Å². The van der Waals surface area contributed by atoms with Gasteiger partial charge in [-0.25, -0.2) is 0 Å². The molecule has 2 nitrogen and oxygen atoms in total. The molecule has 0 radical (unpaired) electrons. The first-order valence-corrected chi connectivity index (χ1v) is 23.7. The molecule has 0 fully saturated rings. The molecule has 14 rings (SSSR count). The van der Waals surface area contributed by atoms with Gasteiger partial charge in [-0.1, -0.05) is 200 Å². The molecule has 1 aromatic heterocycles. The van der Waals surface area contributed by atoms with Crippen molar-refractivity contribution in [3.63, 3.8) is 0 Å². The van der Waals surface area contributed by atoms with Crippen molar-refractivity contribution in [2.24, 2.45) is 0 Å². The summed E-state index contributed by atoms with van der Waals surface area (Å²) in [6.07, 6.45) is 0. The Morgan fingerprint density at radius 1 is 0.353 bits per heavy atom. The number of anilines is 3. The minimum Gasteiger partial charge on any atom is -0.308 e. The van der Waals surface area contributed by atoms with Crippen LogP contribution in [-0.2, 0) is 5.41 Å². The molecule has 2 aliphatic rings. The molecule has 1 atom stereocenters. The lowest BCUT2D eigenvalue weighted by atomic mass is 9.73. The highest BCUT2D eigenvalue weighted by Gasteiger charge is 2.45. The van der Waals surface area contributed by atoms with E-state index in [-0.39, 0.29) is 0 Å². The number of nitrogens with zero attached hydrogens (tertiary/aromatic N) is 2. The van der Waals surface area contributed by atoms with Gasteiger partial charge in [0.2, 0.25) is 0 Å². The summed E-state index contributed by atoms with van der Waals surface area (Å²) in [5, 5.41) is 4.96. The Bertz CT molecular complexity index is 3970. The fourth-order valence-electron chi connectivity index (χ4n) is 11.7. The van der Waals surface area contributed by atoms with E-state index in [0.29, 0.717) is 0 Å². The van der Waals surface area contributed by atoms with Gasteiger partial charge < -0.3 is 9.47 Å². The van der Waals surface area contributed by atoms with Crippen molar-refractivity contribution < 1.29 is 0 Å². The highest BCUT2D eigenvalue weighted by Crippen LogP contribution is 2.61. The first-order chi connectivity index (χ1) is 33.6. The molecular weight excluding hydrogens is 821 g/mol. The molecule has 12 aromatic rings. The third kappa shape index (κ3) is 5.64. The molecule has 1 aliphatic carbocycles. The Hall–Kier alpha value is -8.72. The van der Waals surface area contributed by atoms with Gasteiger partial charge in [-0.3, -0.25) is 0 Å². The Morgan fingerprint density at radius 3 is 1.76 bits per heavy atom. The van der Waals surface area contributed by atoms with Crippen molar-refractivity contribution in [3.05, 3.63) is 265 Å². The summed E-state index contributed by atoms with van der Waals surface area (Å²) in [6, 6.07) is 92.2. The van der Waals surface area contributed by atoms with E-state index < -0.39 is 5.41 Å². The molecule has 11 aromatic carbocycles. The molecule has 68 heavy (non-hydrogen) atoms. The van der Waals surface area contributed by atoms with Gasteiger partial charge >= 0.3 is 0 Å². The second kappa shape index (κ2) is 14.9. The van der Waals surface area contributed by atoms with Gasteiger partial charge in [0.25, 0.3) is 0 Å². The molecule has 2 heterocycles. The van der Waals surface area contributed by atoms with E-state index in [9.17, 15) is 0 Å². The Morgan fingerprint density at radius 2 is 0.941 bits per heavy atom. The number of para-hydroxylation sites is 2. The molecule has 0 N–H and O–H groups in total. The third-order valence-electron chi connectivity index (χ3n) is 15.0. The number of aromatic nitrogens is 1. The number of fused-ring (bicyclic) bond motifs is 7. The van der Waals surface area contributed by atoms with Crippen molar-refractivity contribution in [2.45, 2.75) is 12.3 Å². The summed E-state index contributed by atoms with van der Waals surface area (Å²) in [4.78, 5) is 2.48. The number of benzene rings is 11. The summed E-state index contributed by atoms with van der Waals surface area (Å²) in [7, 11) is 0. The zero-order chi connectivity index (χ0) is 44.9. The van der Waals surface area contributed by atoms with Gasteiger partial charge in [-0.2, -0.15) is 0 Å². The predicted octanol–water partition coefficient (Wildman–Crippen LogP) is 17.7. The summed E-state index contributed by atoms with van der Waals surface area (Å²) in [6.45, 7) is 2.45. The van der Waals surface area contributed by atoms with Crippen LogP contribution >= 0.6 is 0 Å². The fraction of sp³-hybridized carbons (Fsp3) is 0.0303. The topological polar surface area (TPSA) is 8.17 Å². The van der Waals surface area contributed by atoms with Crippen molar-refractivity contribution >= 4 is 49.6 Å². The van der Waals surface area contributed by atoms with Gasteiger partial charge in [-0.15, -0.1) is 0 Å². The maximum absolute atomic E-state index is 2.61. The van der Waals surface area contributed by atoms with Crippen molar-refractivity contribution in [1.82, 2.24) is 4.57 Å². The minimum absolute atomic E-state index is 0.397. The smallest absolute Gasteiger partial charge is 0.0782 e. The number of hydrogen-bond donors (Lipinski definition) is 0. The summed E-state index contributed by atoms with van der Waals surface area (Å²) < 4.78 is 2.61. The minimum atomic E-state index is -0.397. The monoisotopic (exact) mass is 864 g/mol. The lowest BCUT2D eigenvalue weighted by Gasteiger charge is -2.29. The van der Waals surface area contributed by atoms with Gasteiger partial charge in [-0.05, 0) is 127 Å². The van der Waals surface area contributed by atoms with E-state index in [1.165, 1.54) is 111 Å². The maximum Gasteiger partial charge on any atom is 0.0782 e. The van der Waals surface area contributed by atoms with Crippen LogP contribution in [0, 0.1) is 0 Å². The standard InChI is InChI=1S/C66H44N2/c1-66(51-24-12-22-48(41-51)44-18-6-3-7-19-44)58-29-14-27-55-54-26-10-11-30-60(54)68-64-56(57-38-39-59(66)63(62(55)58)65(57)68)28-15-31-61(64)67(52-36-34-46(35-37-52)43-16-4-2-5-17-43)53-25-13-23-49(42-53)50-33-32-45-20-8-9-21-47(45)40-50/h2-42H,1H3. The lowest BCUT2D eigenvalue weighted by Crippen LogP contribution is -2.22. The Labute approximate surface area is 396 Å². The number of hydrogen-bond acceptors (Lipinski definition) is 1. The zero-order valence-electron chi connectivity index (χ0n) is 37.6. The highest BCUT2D eigenvalue weighted by atomic mass is 15.2. The van der Waals surface area contributed by atoms with Crippen molar-refractivity contribution in [3.8, 4) is 61.3 Å². The summed E-state index contributed by atoms with van der Waals surface area (Å²) >= 11 is 0. The molecular formula is C66H44N2. The molecule has 0 saturated heterocycles.